The quantitative estimate of drug-likeness (QED) is 0.553. The van der Waals surface area contributed by atoms with E-state index in [0.29, 0.717) is 0 Å². The average Bonchev–Trinajstić information content (AvgIpc) is 2.78. The van der Waals surface area contributed by atoms with Crippen LogP contribution >= 0.6 is 11.3 Å². The van der Waals surface area contributed by atoms with Crippen LogP contribution in [-0.4, -0.2) is 24.5 Å². The predicted molar refractivity (Wildman–Crippen MR) is 66.8 cm³/mol. The number of nitrogens with zero attached hydrogens (tertiary/aromatic N) is 1. The van der Waals surface area contributed by atoms with E-state index in [2.05, 4.69) is 41.0 Å². The second-order valence-corrected chi connectivity index (χ2v) is 4.37. The number of hydrogen-bond donors (Lipinski definition) is 2. The highest BCUT2D eigenvalue weighted by Crippen LogP contribution is 2.18. The van der Waals surface area contributed by atoms with E-state index < -0.39 is 0 Å². The number of rotatable bonds is 7. The summed E-state index contributed by atoms with van der Waals surface area (Å²) in [6.45, 7) is 7.70. The Balaban J connectivity index is 2.41. The van der Waals surface area contributed by atoms with Crippen molar-refractivity contribution in [1.29, 1.82) is 0 Å². The van der Waals surface area contributed by atoms with E-state index in [4.69, 9.17) is 5.84 Å². The number of hydrazine groups is 1. The zero-order valence-corrected chi connectivity index (χ0v) is 10.4. The molecule has 0 radical (unpaired) electrons. The van der Waals surface area contributed by atoms with Crippen molar-refractivity contribution >= 4 is 11.3 Å². The van der Waals surface area contributed by atoms with Gasteiger partial charge in [-0.05, 0) is 48.4 Å². The lowest BCUT2D eigenvalue weighted by molar-refractivity contribution is 0.282. The van der Waals surface area contributed by atoms with Gasteiger partial charge in [0.1, 0.15) is 0 Å². The molecule has 1 unspecified atom stereocenters. The molecule has 1 heterocycles. The largest absolute Gasteiger partial charge is 0.304 e. The fourth-order valence-electron chi connectivity index (χ4n) is 1.67. The van der Waals surface area contributed by atoms with Gasteiger partial charge in [-0.25, -0.2) is 0 Å². The van der Waals surface area contributed by atoms with Gasteiger partial charge in [0, 0.05) is 6.04 Å². The molecule has 0 saturated heterocycles. The lowest BCUT2D eigenvalue weighted by Gasteiger charge is -2.21. The fourth-order valence-corrected chi connectivity index (χ4v) is 2.39. The summed E-state index contributed by atoms with van der Waals surface area (Å²) in [6.07, 6.45) is 1.06. The van der Waals surface area contributed by atoms with Crippen molar-refractivity contribution in [3.05, 3.63) is 22.4 Å². The van der Waals surface area contributed by atoms with E-state index >= 15 is 0 Å². The van der Waals surface area contributed by atoms with Crippen LogP contribution in [0.3, 0.4) is 0 Å². The summed E-state index contributed by atoms with van der Waals surface area (Å²) in [7, 11) is 0. The van der Waals surface area contributed by atoms with Crippen molar-refractivity contribution in [2.45, 2.75) is 26.3 Å². The van der Waals surface area contributed by atoms with Crippen LogP contribution in [0.2, 0.25) is 0 Å². The Labute approximate surface area is 96.2 Å². The van der Waals surface area contributed by atoms with E-state index in [1.54, 1.807) is 11.3 Å². The lowest BCUT2D eigenvalue weighted by Crippen LogP contribution is -2.32. The first-order chi connectivity index (χ1) is 7.31. The molecule has 1 aromatic rings. The molecule has 86 valence electrons. The van der Waals surface area contributed by atoms with Crippen molar-refractivity contribution in [2.24, 2.45) is 5.84 Å². The molecule has 4 heteroatoms. The summed E-state index contributed by atoms with van der Waals surface area (Å²) in [5.41, 5.74) is 4.19. The minimum Gasteiger partial charge on any atom is -0.304 e. The van der Waals surface area contributed by atoms with Crippen LogP contribution in [0.4, 0.5) is 0 Å². The maximum atomic E-state index is 5.57. The molecule has 1 atom stereocenters. The highest BCUT2D eigenvalue weighted by atomic mass is 32.1. The highest BCUT2D eigenvalue weighted by Gasteiger charge is 2.11. The number of nitrogens with two attached hydrogens (primary N) is 1. The minimum atomic E-state index is 0.289. The van der Waals surface area contributed by atoms with Crippen LogP contribution in [-0.2, 0) is 0 Å². The normalized spacial score (nSPS) is 13.3. The second-order valence-electron chi connectivity index (χ2n) is 3.59. The Morgan fingerprint density at radius 2 is 2.20 bits per heavy atom. The molecule has 1 rings (SSSR count). The van der Waals surface area contributed by atoms with Gasteiger partial charge >= 0.3 is 0 Å². The SMILES string of the molecule is CCN(CC)CCC(NN)c1ccsc1. The molecular formula is C11H21N3S. The van der Waals surface area contributed by atoms with E-state index in [9.17, 15) is 0 Å². The first kappa shape index (κ1) is 12.6. The van der Waals surface area contributed by atoms with Crippen LogP contribution < -0.4 is 11.3 Å². The summed E-state index contributed by atoms with van der Waals surface area (Å²) in [6, 6.07) is 2.43. The Morgan fingerprint density at radius 3 is 2.67 bits per heavy atom. The molecule has 0 aliphatic carbocycles. The summed E-state index contributed by atoms with van der Waals surface area (Å²) < 4.78 is 0. The monoisotopic (exact) mass is 227 g/mol. The number of hydrogen-bond acceptors (Lipinski definition) is 4. The third-order valence-electron chi connectivity index (χ3n) is 2.78. The predicted octanol–water partition coefficient (Wildman–Crippen LogP) is 1.98. The van der Waals surface area contributed by atoms with E-state index in [-0.39, 0.29) is 6.04 Å². The second kappa shape index (κ2) is 6.95. The van der Waals surface area contributed by atoms with Crippen LogP contribution in [0.5, 0.6) is 0 Å². The topological polar surface area (TPSA) is 41.3 Å². The van der Waals surface area contributed by atoms with Gasteiger partial charge in [0.2, 0.25) is 0 Å². The molecule has 0 aliphatic heterocycles. The molecule has 0 bridgehead atoms. The van der Waals surface area contributed by atoms with Gasteiger partial charge in [-0.15, -0.1) is 0 Å². The number of thiophene rings is 1. The third kappa shape index (κ3) is 3.91. The molecule has 3 N–H and O–H groups in total. The van der Waals surface area contributed by atoms with Crippen LogP contribution in [0.25, 0.3) is 0 Å². The fraction of sp³-hybridized carbons (Fsp3) is 0.636. The third-order valence-corrected chi connectivity index (χ3v) is 3.48. The molecule has 3 nitrogen and oxygen atoms in total. The average molecular weight is 227 g/mol. The number of nitrogens with one attached hydrogen (secondary N) is 1. The highest BCUT2D eigenvalue weighted by molar-refractivity contribution is 7.07. The summed E-state index contributed by atoms with van der Waals surface area (Å²) in [5.74, 6) is 5.57. The Bertz CT molecular complexity index is 244. The summed E-state index contributed by atoms with van der Waals surface area (Å²) in [4.78, 5) is 2.41. The van der Waals surface area contributed by atoms with Gasteiger partial charge < -0.3 is 4.90 Å². The van der Waals surface area contributed by atoms with Gasteiger partial charge in [0.05, 0.1) is 0 Å². The first-order valence-corrected chi connectivity index (χ1v) is 6.46. The van der Waals surface area contributed by atoms with Crippen LogP contribution in [0.1, 0.15) is 31.9 Å². The molecular weight excluding hydrogens is 206 g/mol. The van der Waals surface area contributed by atoms with Gasteiger partial charge in [-0.3, -0.25) is 11.3 Å². The van der Waals surface area contributed by atoms with Crippen molar-refractivity contribution in [3.8, 4) is 0 Å². The molecule has 0 fully saturated rings. The standard InChI is InChI=1S/C11H21N3S/c1-3-14(4-2)7-5-11(13-12)10-6-8-15-9-10/h6,8-9,11,13H,3-5,7,12H2,1-2H3. The van der Waals surface area contributed by atoms with Gasteiger partial charge in [0.25, 0.3) is 0 Å². The molecule has 0 amide bonds. The molecule has 15 heavy (non-hydrogen) atoms. The first-order valence-electron chi connectivity index (χ1n) is 5.52. The Morgan fingerprint density at radius 1 is 1.47 bits per heavy atom. The maximum Gasteiger partial charge on any atom is 0.0480 e. The summed E-state index contributed by atoms with van der Waals surface area (Å²) >= 11 is 1.72. The lowest BCUT2D eigenvalue weighted by atomic mass is 10.1. The molecule has 0 saturated carbocycles. The van der Waals surface area contributed by atoms with Crippen LogP contribution in [0, 0.1) is 0 Å². The molecule has 0 aliphatic rings. The Kier molecular flexibility index (Phi) is 5.86. The minimum absolute atomic E-state index is 0.289. The van der Waals surface area contributed by atoms with E-state index in [1.807, 2.05) is 0 Å². The van der Waals surface area contributed by atoms with Crippen molar-refractivity contribution in [2.75, 3.05) is 19.6 Å². The maximum absolute atomic E-state index is 5.57. The molecule has 0 spiro atoms. The van der Waals surface area contributed by atoms with E-state index in [0.717, 1.165) is 26.1 Å². The smallest absolute Gasteiger partial charge is 0.0480 e. The van der Waals surface area contributed by atoms with Crippen LogP contribution in [0.15, 0.2) is 16.8 Å². The zero-order valence-electron chi connectivity index (χ0n) is 9.57. The summed E-state index contributed by atoms with van der Waals surface area (Å²) in [5, 5.41) is 4.25. The molecule has 0 aromatic carbocycles. The van der Waals surface area contributed by atoms with E-state index in [1.165, 1.54) is 5.56 Å². The van der Waals surface area contributed by atoms with Gasteiger partial charge in [-0.1, -0.05) is 13.8 Å². The zero-order chi connectivity index (χ0) is 11.1. The van der Waals surface area contributed by atoms with Gasteiger partial charge in [0.15, 0.2) is 0 Å². The van der Waals surface area contributed by atoms with Crippen molar-refractivity contribution in [1.82, 2.24) is 10.3 Å². The van der Waals surface area contributed by atoms with Crippen molar-refractivity contribution < 1.29 is 0 Å². The Hall–Kier alpha value is -0.420. The van der Waals surface area contributed by atoms with Crippen molar-refractivity contribution in [3.63, 3.8) is 0 Å². The molecule has 1 aromatic heterocycles. The van der Waals surface area contributed by atoms with Gasteiger partial charge in [-0.2, -0.15) is 11.3 Å².